The van der Waals surface area contributed by atoms with Crippen molar-refractivity contribution in [3.63, 3.8) is 0 Å². The maximum Gasteiger partial charge on any atom is 0.329 e. The Morgan fingerprint density at radius 3 is 2.31 bits per heavy atom. The molecule has 4 aliphatic rings. The summed E-state index contributed by atoms with van der Waals surface area (Å²) in [5.41, 5.74) is -0.823. The van der Waals surface area contributed by atoms with Crippen LogP contribution in [0.4, 0.5) is 0 Å². The lowest BCUT2D eigenvalue weighted by molar-refractivity contribution is -0.266. The van der Waals surface area contributed by atoms with Crippen LogP contribution in [0.15, 0.2) is 47.6 Å². The Bertz CT molecular complexity index is 2010. The van der Waals surface area contributed by atoms with Crippen LogP contribution in [-0.4, -0.2) is 148 Å². The van der Waals surface area contributed by atoms with Gasteiger partial charge in [0.2, 0.25) is 5.79 Å². The zero-order chi connectivity index (χ0) is 55.7. The van der Waals surface area contributed by atoms with Crippen molar-refractivity contribution in [2.45, 2.75) is 212 Å². The monoisotopic (exact) mass is 1170 g/mol. The van der Waals surface area contributed by atoms with Gasteiger partial charge in [-0.2, -0.15) is 0 Å². The van der Waals surface area contributed by atoms with E-state index < -0.39 is 82.9 Å². The highest BCUT2D eigenvalue weighted by atomic mass is 127. The van der Waals surface area contributed by atoms with E-state index in [1.54, 1.807) is 40.9 Å². The van der Waals surface area contributed by atoms with Crippen molar-refractivity contribution in [2.24, 2.45) is 35.5 Å². The number of cyclic esters (lactones) is 1. The summed E-state index contributed by atoms with van der Waals surface area (Å²) in [5, 5.41) is 33.4. The largest absolute Gasteiger partial charge is 0.460 e. The normalized spacial score (nSPS) is 38.2. The molecular weight excluding hydrogens is 1070 g/mol. The van der Waals surface area contributed by atoms with E-state index in [1.807, 2.05) is 58.1 Å². The van der Waals surface area contributed by atoms with Gasteiger partial charge in [-0.25, -0.2) is 4.79 Å². The van der Waals surface area contributed by atoms with Crippen LogP contribution in [0.25, 0.3) is 0 Å². The number of hydrogen-bond acceptors (Lipinski definition) is 14. The summed E-state index contributed by atoms with van der Waals surface area (Å²) in [6.07, 6.45) is 15.5. The number of methoxy groups -OCH3 is 2. The average Bonchev–Trinajstić information content (AvgIpc) is 3.39. The summed E-state index contributed by atoms with van der Waals surface area (Å²) < 4.78 is 38.3. The Morgan fingerprint density at radius 1 is 0.893 bits per heavy atom. The van der Waals surface area contributed by atoms with Gasteiger partial charge in [0.15, 0.2) is 11.4 Å². The molecule has 0 aromatic heterocycles. The summed E-state index contributed by atoms with van der Waals surface area (Å²) in [4.78, 5) is 73.4. The van der Waals surface area contributed by atoms with Crippen LogP contribution in [0.1, 0.15) is 159 Å². The molecule has 16 heteroatoms. The van der Waals surface area contributed by atoms with Gasteiger partial charge in [0.1, 0.15) is 24.0 Å². The van der Waals surface area contributed by atoms with Crippen molar-refractivity contribution in [1.82, 2.24) is 4.90 Å². The molecule has 15 nitrogen and oxygen atoms in total. The molecule has 75 heavy (non-hydrogen) atoms. The fourth-order valence-corrected chi connectivity index (χ4v) is 11.9. The highest BCUT2D eigenvalue weighted by Crippen LogP contribution is 2.41. The smallest absolute Gasteiger partial charge is 0.329 e. The van der Waals surface area contributed by atoms with Crippen molar-refractivity contribution in [3.8, 4) is 0 Å². The Morgan fingerprint density at radius 2 is 1.63 bits per heavy atom. The number of Topliss-reactive ketones (excluding diaryl/α,β-unsaturated/α-hetero) is 3. The minimum Gasteiger partial charge on any atom is -0.460 e. The van der Waals surface area contributed by atoms with Gasteiger partial charge in [-0.3, -0.25) is 19.2 Å². The molecule has 2 saturated heterocycles. The molecule has 4 rings (SSSR count). The lowest BCUT2D eigenvalue weighted by Crippen LogP contribution is -2.61. The highest BCUT2D eigenvalue weighted by molar-refractivity contribution is 14.1. The van der Waals surface area contributed by atoms with E-state index in [0.717, 1.165) is 29.3 Å². The maximum absolute atomic E-state index is 14.7. The predicted molar refractivity (Wildman–Crippen MR) is 297 cm³/mol. The number of rotatable bonds is 14. The second kappa shape index (κ2) is 30.6. The highest BCUT2D eigenvalue weighted by Gasteiger charge is 2.53. The van der Waals surface area contributed by atoms with Gasteiger partial charge in [-0.15, -0.1) is 0 Å². The number of carbonyl (C=O) groups is 5. The first-order valence-corrected chi connectivity index (χ1v) is 29.4. The number of amides is 1. The van der Waals surface area contributed by atoms with Crippen LogP contribution < -0.4 is 0 Å². The molecule has 2 unspecified atom stereocenters. The molecule has 1 saturated carbocycles. The number of fused-ring (bicyclic) bond motifs is 3. The van der Waals surface area contributed by atoms with E-state index in [9.17, 15) is 39.3 Å². The molecule has 2 bridgehead atoms. The van der Waals surface area contributed by atoms with E-state index in [1.165, 1.54) is 12.0 Å². The number of carbonyl (C=O) groups excluding carboxylic acids is 5. The SMILES string of the molecule is CO[C@@H]1C[C@H](C[C@@H](C)[C@@H]2CC(=O)[C@H](C)/C=C(\C)[C@@H](O)[C@](C)(OC)C(=O)[C@H](C)C[C@H](C)C=C/C=C/C=C(\C)[C@@H](OCCCCO)C[C@@H]3CC[C@@H](C)[C@@](O)(O3)C(=O)C(=O)N3CCCCC3C(=O)O2)CCC1(C)OCCCI. The van der Waals surface area contributed by atoms with Gasteiger partial charge >= 0.3 is 5.97 Å². The first-order valence-electron chi connectivity index (χ1n) is 27.9. The number of piperidine rings is 1. The topological polar surface area (TPSA) is 205 Å². The summed E-state index contributed by atoms with van der Waals surface area (Å²) >= 11 is 2.34. The van der Waals surface area contributed by atoms with Gasteiger partial charge < -0.3 is 48.6 Å². The molecular formula is C59H94INO14. The van der Waals surface area contributed by atoms with Crippen LogP contribution >= 0.6 is 22.6 Å². The van der Waals surface area contributed by atoms with Gasteiger partial charge in [0, 0.05) is 75.6 Å². The van der Waals surface area contributed by atoms with Crippen molar-refractivity contribution >= 4 is 51.8 Å². The van der Waals surface area contributed by atoms with E-state index in [4.69, 9.17) is 28.4 Å². The molecule has 3 aliphatic heterocycles. The number of ketones is 3. The number of unbranched alkanes of at least 4 members (excludes halogenated alkanes) is 1. The standard InChI is InChI=1S/C59H94INO14/c1-38-20-13-12-14-21-39(2)49(72-30-18-17-29-62)36-46-24-23-44(7)59(69,75-46)54(66)55(67)61-28-16-15-22-47(61)56(68)74-50(41(4)34-45-25-26-57(8,51(35-45)70-10)73-31-19-27-60)37-48(63)40(3)33-43(6)53(65)58(9,71-11)52(64)42(5)32-38/h12-14,20-21,33,38,40-42,44-47,49-51,53,62,65,69H,15-19,22-32,34-37H2,1-11H3/b14-12+,20-13?,39-21+,43-33+/t38-,40-,41-,42-,44-,45+,46+,47?,49+,50+,51-,53-,57?,58-,59-/m1/s1. The first-order chi connectivity index (χ1) is 35.5. The number of aliphatic hydroxyl groups is 3. The molecule has 1 aliphatic carbocycles. The lowest BCUT2D eigenvalue weighted by atomic mass is 9.73. The summed E-state index contributed by atoms with van der Waals surface area (Å²) in [6.45, 7) is 17.6. The van der Waals surface area contributed by atoms with E-state index in [0.29, 0.717) is 76.6 Å². The third-order valence-electron chi connectivity index (χ3n) is 16.7. The van der Waals surface area contributed by atoms with Crippen LogP contribution in [-0.2, 0) is 52.4 Å². The molecule has 3 fully saturated rings. The zero-order valence-electron chi connectivity index (χ0n) is 47.2. The quantitative estimate of drug-likeness (QED) is 0.0371. The average molecular weight is 1170 g/mol. The molecule has 3 heterocycles. The summed E-state index contributed by atoms with van der Waals surface area (Å²) in [5.74, 6) is -8.07. The third kappa shape index (κ3) is 17.7. The second-order valence-electron chi connectivity index (χ2n) is 22.8. The summed E-state index contributed by atoms with van der Waals surface area (Å²) in [6, 6.07) is -1.15. The van der Waals surface area contributed by atoms with Gasteiger partial charge in [-0.05, 0) is 140 Å². The lowest BCUT2D eigenvalue weighted by Gasteiger charge is -2.44. The number of alkyl halides is 1. The summed E-state index contributed by atoms with van der Waals surface area (Å²) in [7, 11) is 3.10. The fourth-order valence-electron chi connectivity index (χ4n) is 11.6. The van der Waals surface area contributed by atoms with Gasteiger partial charge in [-0.1, -0.05) is 93.7 Å². The first kappa shape index (κ1) is 64.8. The fraction of sp³-hybridized carbons (Fsp3) is 0.780. The van der Waals surface area contributed by atoms with Crippen molar-refractivity contribution in [1.29, 1.82) is 0 Å². The zero-order valence-corrected chi connectivity index (χ0v) is 49.3. The second-order valence-corrected chi connectivity index (χ2v) is 23.9. The number of ether oxygens (including phenoxy) is 6. The van der Waals surface area contributed by atoms with Gasteiger partial charge in [0.05, 0.1) is 23.9 Å². The number of esters is 1. The Hall–Kier alpha value is -2.68. The Labute approximate surface area is 462 Å². The van der Waals surface area contributed by atoms with Crippen molar-refractivity contribution < 1.29 is 67.7 Å². The number of allylic oxidation sites excluding steroid dienone is 6. The molecule has 0 spiro atoms. The number of nitrogens with zero attached hydrogens (tertiary/aromatic N) is 1. The maximum atomic E-state index is 14.7. The van der Waals surface area contributed by atoms with Crippen molar-refractivity contribution in [2.75, 3.05) is 45.0 Å². The van der Waals surface area contributed by atoms with Crippen molar-refractivity contribution in [3.05, 3.63) is 47.6 Å². The molecule has 0 aromatic rings. The van der Waals surface area contributed by atoms with E-state index in [2.05, 4.69) is 29.5 Å². The molecule has 0 radical (unpaired) electrons. The minimum absolute atomic E-state index is 0.0155. The molecule has 3 N–H and O–H groups in total. The van der Waals surface area contributed by atoms with Crippen LogP contribution in [0.2, 0.25) is 0 Å². The number of hydrogen-bond donors (Lipinski definition) is 3. The van der Waals surface area contributed by atoms with Crippen LogP contribution in [0, 0.1) is 35.5 Å². The minimum atomic E-state index is -2.47. The van der Waals surface area contributed by atoms with E-state index >= 15 is 0 Å². The van der Waals surface area contributed by atoms with E-state index in [-0.39, 0.29) is 67.8 Å². The number of halogens is 1. The Balaban J connectivity index is 1.74. The predicted octanol–water partition coefficient (Wildman–Crippen LogP) is 8.95. The molecule has 426 valence electrons. The third-order valence-corrected chi connectivity index (χ3v) is 17.5. The molecule has 0 aromatic carbocycles. The van der Waals surface area contributed by atoms with Crippen LogP contribution in [0.3, 0.4) is 0 Å². The van der Waals surface area contributed by atoms with Crippen LogP contribution in [0.5, 0.6) is 0 Å². The molecule has 1 amide bonds. The Kier molecular flexibility index (Phi) is 26.5. The number of aliphatic hydroxyl groups excluding tert-OH is 2. The molecule has 15 atom stereocenters. The van der Waals surface area contributed by atoms with Gasteiger partial charge in [0.25, 0.3) is 11.7 Å².